The third-order valence-corrected chi connectivity index (χ3v) is 2.96. The molecule has 0 aliphatic carbocycles. The van der Waals surface area contributed by atoms with Gasteiger partial charge in [-0.2, -0.15) is 0 Å². The number of ether oxygens (including phenoxy) is 1. The van der Waals surface area contributed by atoms with Gasteiger partial charge in [0.1, 0.15) is 17.6 Å². The molecule has 0 saturated carbocycles. The quantitative estimate of drug-likeness (QED) is 0.859. The highest BCUT2D eigenvalue weighted by Gasteiger charge is 2.17. The molecule has 0 aliphatic rings. The van der Waals surface area contributed by atoms with Gasteiger partial charge in [-0.15, -0.1) is 0 Å². The average Bonchev–Trinajstić information content (AvgIpc) is 2.47. The lowest BCUT2D eigenvalue weighted by atomic mass is 10.1. The molecule has 4 nitrogen and oxygen atoms in total. The molecule has 0 saturated heterocycles. The zero-order valence-corrected chi connectivity index (χ0v) is 11.7. The van der Waals surface area contributed by atoms with Crippen molar-refractivity contribution in [3.8, 4) is 5.75 Å². The Morgan fingerprint density at radius 2 is 1.81 bits per heavy atom. The second kappa shape index (κ2) is 6.74. The first-order valence-electron chi connectivity index (χ1n) is 6.64. The molecule has 2 rings (SSSR count). The molecule has 110 valence electrons. The van der Waals surface area contributed by atoms with E-state index in [1.165, 1.54) is 24.3 Å². The Morgan fingerprint density at radius 3 is 2.33 bits per heavy atom. The van der Waals surface area contributed by atoms with Crippen LogP contribution in [0, 0.1) is 5.82 Å². The van der Waals surface area contributed by atoms with Gasteiger partial charge in [0.15, 0.2) is 0 Å². The van der Waals surface area contributed by atoms with Crippen LogP contribution in [0.5, 0.6) is 5.75 Å². The molecule has 1 unspecified atom stereocenters. The molecule has 21 heavy (non-hydrogen) atoms. The number of rotatable bonds is 6. The molecule has 3 N–H and O–H groups in total. The van der Waals surface area contributed by atoms with E-state index < -0.39 is 11.9 Å². The van der Waals surface area contributed by atoms with Gasteiger partial charge in [-0.25, -0.2) is 4.39 Å². The predicted octanol–water partition coefficient (Wildman–Crippen LogP) is 2.86. The second-order valence-electron chi connectivity index (χ2n) is 4.49. The molecule has 0 heterocycles. The van der Waals surface area contributed by atoms with Crippen LogP contribution in [0.1, 0.15) is 18.5 Å². The fraction of sp³-hybridized carbons (Fsp3) is 0.188. The van der Waals surface area contributed by atoms with Crippen molar-refractivity contribution in [2.45, 2.75) is 13.0 Å². The van der Waals surface area contributed by atoms with Crippen molar-refractivity contribution in [1.82, 2.24) is 0 Å². The maximum Gasteiger partial charge on any atom is 0.244 e. The largest absolute Gasteiger partial charge is 0.494 e. The minimum atomic E-state index is -0.719. The standard InChI is InChI=1S/C16H17FN2O2/c1-2-21-14-9-7-13(8-10-14)19-15(16(18)20)11-3-5-12(17)6-4-11/h3-10,15,19H,2H2,1H3,(H2,18,20). The van der Waals surface area contributed by atoms with Crippen LogP contribution in [0.15, 0.2) is 48.5 Å². The SMILES string of the molecule is CCOc1ccc(NC(C(N)=O)c2ccc(F)cc2)cc1. The number of hydrogen-bond donors (Lipinski definition) is 2. The van der Waals surface area contributed by atoms with Crippen LogP contribution in [0.4, 0.5) is 10.1 Å². The fourth-order valence-electron chi connectivity index (χ4n) is 1.95. The molecule has 0 fully saturated rings. The highest BCUT2D eigenvalue weighted by Crippen LogP contribution is 2.22. The summed E-state index contributed by atoms with van der Waals surface area (Å²) >= 11 is 0. The lowest BCUT2D eigenvalue weighted by molar-refractivity contribution is -0.118. The highest BCUT2D eigenvalue weighted by molar-refractivity contribution is 5.84. The third-order valence-electron chi connectivity index (χ3n) is 2.96. The summed E-state index contributed by atoms with van der Waals surface area (Å²) in [4.78, 5) is 11.6. The van der Waals surface area contributed by atoms with E-state index in [0.717, 1.165) is 11.4 Å². The molecule has 0 radical (unpaired) electrons. The Labute approximate surface area is 122 Å². The fourth-order valence-corrected chi connectivity index (χ4v) is 1.95. The van der Waals surface area contributed by atoms with Crippen molar-refractivity contribution in [2.24, 2.45) is 5.73 Å². The van der Waals surface area contributed by atoms with Gasteiger partial charge in [0.25, 0.3) is 0 Å². The Morgan fingerprint density at radius 1 is 1.19 bits per heavy atom. The number of halogens is 1. The molecule has 0 spiro atoms. The van der Waals surface area contributed by atoms with Gasteiger partial charge in [0, 0.05) is 5.69 Å². The van der Waals surface area contributed by atoms with Crippen molar-refractivity contribution in [3.63, 3.8) is 0 Å². The maximum absolute atomic E-state index is 12.9. The minimum absolute atomic E-state index is 0.358. The Hall–Kier alpha value is -2.56. The van der Waals surface area contributed by atoms with Crippen LogP contribution in [-0.4, -0.2) is 12.5 Å². The number of nitrogens with two attached hydrogens (primary N) is 1. The number of benzene rings is 2. The lowest BCUT2D eigenvalue weighted by Gasteiger charge is -2.17. The average molecular weight is 288 g/mol. The number of nitrogens with one attached hydrogen (secondary N) is 1. The van der Waals surface area contributed by atoms with Gasteiger partial charge in [-0.1, -0.05) is 12.1 Å². The normalized spacial score (nSPS) is 11.7. The molecular weight excluding hydrogens is 271 g/mol. The van der Waals surface area contributed by atoms with Gasteiger partial charge in [0.05, 0.1) is 6.61 Å². The van der Waals surface area contributed by atoms with Gasteiger partial charge in [-0.05, 0) is 48.9 Å². The molecule has 0 aromatic heterocycles. The zero-order chi connectivity index (χ0) is 15.2. The molecule has 2 aromatic rings. The summed E-state index contributed by atoms with van der Waals surface area (Å²) in [7, 11) is 0. The zero-order valence-electron chi connectivity index (χ0n) is 11.7. The van der Waals surface area contributed by atoms with Crippen molar-refractivity contribution in [3.05, 3.63) is 59.9 Å². The molecule has 2 aromatic carbocycles. The number of carbonyl (C=O) groups excluding carboxylic acids is 1. The number of amides is 1. The van der Waals surface area contributed by atoms with Crippen LogP contribution in [-0.2, 0) is 4.79 Å². The molecular formula is C16H17FN2O2. The van der Waals surface area contributed by atoms with Gasteiger partial charge in [0.2, 0.25) is 5.91 Å². The summed E-state index contributed by atoms with van der Waals surface area (Å²) in [6.07, 6.45) is 0. The van der Waals surface area contributed by atoms with Crippen LogP contribution < -0.4 is 15.8 Å². The van der Waals surface area contributed by atoms with Crippen molar-refractivity contribution in [2.75, 3.05) is 11.9 Å². The monoisotopic (exact) mass is 288 g/mol. The van der Waals surface area contributed by atoms with E-state index in [2.05, 4.69) is 5.32 Å². The predicted molar refractivity (Wildman–Crippen MR) is 79.6 cm³/mol. The van der Waals surface area contributed by atoms with E-state index in [-0.39, 0.29) is 5.82 Å². The molecule has 0 bridgehead atoms. The van der Waals surface area contributed by atoms with E-state index in [0.29, 0.717) is 12.2 Å². The minimum Gasteiger partial charge on any atom is -0.494 e. The smallest absolute Gasteiger partial charge is 0.244 e. The molecule has 0 aliphatic heterocycles. The van der Waals surface area contributed by atoms with Gasteiger partial charge >= 0.3 is 0 Å². The Balaban J connectivity index is 2.16. The van der Waals surface area contributed by atoms with Crippen LogP contribution in [0.2, 0.25) is 0 Å². The molecule has 1 atom stereocenters. The first-order chi connectivity index (χ1) is 10.1. The van der Waals surface area contributed by atoms with Crippen molar-refractivity contribution >= 4 is 11.6 Å². The number of primary amides is 1. The van der Waals surface area contributed by atoms with Crippen LogP contribution in [0.25, 0.3) is 0 Å². The third kappa shape index (κ3) is 3.95. The van der Waals surface area contributed by atoms with Gasteiger partial charge < -0.3 is 15.8 Å². The Bertz CT molecular complexity index is 597. The highest BCUT2D eigenvalue weighted by atomic mass is 19.1. The second-order valence-corrected chi connectivity index (χ2v) is 4.49. The van der Waals surface area contributed by atoms with Crippen LogP contribution >= 0.6 is 0 Å². The van der Waals surface area contributed by atoms with E-state index in [9.17, 15) is 9.18 Å². The van der Waals surface area contributed by atoms with E-state index in [4.69, 9.17) is 10.5 Å². The maximum atomic E-state index is 12.9. The summed E-state index contributed by atoms with van der Waals surface area (Å²) in [5.74, 6) is -0.140. The van der Waals surface area contributed by atoms with E-state index >= 15 is 0 Å². The first-order valence-corrected chi connectivity index (χ1v) is 6.64. The number of hydrogen-bond acceptors (Lipinski definition) is 3. The lowest BCUT2D eigenvalue weighted by Crippen LogP contribution is -2.27. The summed E-state index contributed by atoms with van der Waals surface area (Å²) in [6.45, 7) is 2.50. The number of anilines is 1. The van der Waals surface area contributed by atoms with Crippen molar-refractivity contribution < 1.29 is 13.9 Å². The van der Waals surface area contributed by atoms with Crippen LogP contribution in [0.3, 0.4) is 0 Å². The van der Waals surface area contributed by atoms with Crippen molar-refractivity contribution in [1.29, 1.82) is 0 Å². The summed E-state index contributed by atoms with van der Waals surface area (Å²) in [5, 5.41) is 3.03. The summed E-state index contributed by atoms with van der Waals surface area (Å²) < 4.78 is 18.3. The van der Waals surface area contributed by atoms with Gasteiger partial charge in [-0.3, -0.25) is 4.79 Å². The topological polar surface area (TPSA) is 64.3 Å². The van der Waals surface area contributed by atoms with E-state index in [1.54, 1.807) is 24.3 Å². The summed E-state index contributed by atoms with van der Waals surface area (Å²) in [6, 6.07) is 12.1. The Kier molecular flexibility index (Phi) is 4.77. The molecule has 1 amide bonds. The van der Waals surface area contributed by atoms with E-state index in [1.807, 2.05) is 6.92 Å². The summed E-state index contributed by atoms with van der Waals surface area (Å²) in [5.41, 5.74) is 6.75. The molecule has 5 heteroatoms. The first kappa shape index (κ1) is 14.8. The number of carbonyl (C=O) groups is 1.